The minimum atomic E-state index is 0.225. The largest absolute Gasteiger partial charge is 0.337 e. The van der Waals surface area contributed by atoms with Crippen LogP contribution in [0.25, 0.3) is 0 Å². The number of hydrogen-bond acceptors (Lipinski definition) is 4. The highest BCUT2D eigenvalue weighted by molar-refractivity contribution is 5.18. The lowest BCUT2D eigenvalue weighted by molar-refractivity contribution is 0.266. The van der Waals surface area contributed by atoms with Gasteiger partial charge in [-0.1, -0.05) is 32.9 Å². The van der Waals surface area contributed by atoms with Crippen LogP contribution in [-0.2, 0) is 0 Å². The van der Waals surface area contributed by atoms with E-state index in [4.69, 9.17) is 4.52 Å². The van der Waals surface area contributed by atoms with Gasteiger partial charge in [0.05, 0.1) is 0 Å². The van der Waals surface area contributed by atoms with E-state index in [0.717, 1.165) is 6.54 Å². The Hall–Kier alpha value is -1.06. The molecule has 0 unspecified atom stereocenters. The van der Waals surface area contributed by atoms with Gasteiger partial charge in [0.1, 0.15) is 0 Å². The maximum absolute atomic E-state index is 4.97. The van der Waals surface area contributed by atoms with Crippen LogP contribution < -0.4 is 5.32 Å². The van der Waals surface area contributed by atoms with Crippen LogP contribution >= 0.6 is 0 Å². The Morgan fingerprint density at radius 1 is 1.43 bits per heavy atom. The Labute approximate surface area is 85.1 Å². The molecule has 0 fully saturated rings. The van der Waals surface area contributed by atoms with E-state index in [1.807, 2.05) is 6.92 Å². The minimum Gasteiger partial charge on any atom is -0.337 e. The molecule has 80 valence electrons. The second-order valence-corrected chi connectivity index (χ2v) is 4.64. The summed E-state index contributed by atoms with van der Waals surface area (Å²) in [6.45, 7) is 11.5. The quantitative estimate of drug-likeness (QED) is 0.805. The summed E-state index contributed by atoms with van der Waals surface area (Å²) in [7, 11) is 0. The lowest BCUT2D eigenvalue weighted by atomic mass is 9.81. The van der Waals surface area contributed by atoms with Gasteiger partial charge in [-0.3, -0.25) is 0 Å². The van der Waals surface area contributed by atoms with Crippen LogP contribution in [0.4, 0.5) is 6.01 Å². The number of aromatic nitrogens is 2. The molecule has 4 heteroatoms. The van der Waals surface area contributed by atoms with E-state index < -0.39 is 0 Å². The molecule has 0 aliphatic rings. The second kappa shape index (κ2) is 3.98. The molecule has 1 rings (SSSR count). The first-order valence-corrected chi connectivity index (χ1v) is 4.96. The highest BCUT2D eigenvalue weighted by Gasteiger charge is 2.22. The van der Waals surface area contributed by atoms with Crippen LogP contribution in [0, 0.1) is 18.3 Å². The molecule has 14 heavy (non-hydrogen) atoms. The van der Waals surface area contributed by atoms with Crippen LogP contribution in [0.3, 0.4) is 0 Å². The zero-order chi connectivity index (χ0) is 10.8. The molecule has 0 aliphatic heterocycles. The van der Waals surface area contributed by atoms with Gasteiger partial charge in [-0.2, -0.15) is 4.98 Å². The molecule has 1 heterocycles. The zero-order valence-electron chi connectivity index (χ0n) is 9.59. The molecule has 1 aromatic rings. The first kappa shape index (κ1) is 11.0. The lowest BCUT2D eigenvalue weighted by Crippen LogP contribution is -2.28. The van der Waals surface area contributed by atoms with Gasteiger partial charge >= 0.3 is 6.01 Å². The van der Waals surface area contributed by atoms with Crippen LogP contribution in [0.15, 0.2) is 4.52 Å². The van der Waals surface area contributed by atoms with Crippen molar-refractivity contribution < 1.29 is 4.52 Å². The molecule has 0 radical (unpaired) electrons. The van der Waals surface area contributed by atoms with Crippen molar-refractivity contribution in [3.63, 3.8) is 0 Å². The number of nitrogens with one attached hydrogen (secondary N) is 1. The average Bonchev–Trinajstić information content (AvgIpc) is 2.48. The van der Waals surface area contributed by atoms with E-state index >= 15 is 0 Å². The lowest BCUT2D eigenvalue weighted by Gasteiger charge is -2.28. The van der Waals surface area contributed by atoms with Gasteiger partial charge in [0.2, 0.25) is 0 Å². The van der Waals surface area contributed by atoms with Crippen molar-refractivity contribution in [1.82, 2.24) is 10.1 Å². The van der Waals surface area contributed by atoms with E-state index in [1.165, 1.54) is 0 Å². The number of rotatable bonds is 4. The molecular formula is C10H19N3O. The fourth-order valence-corrected chi connectivity index (χ4v) is 0.876. The van der Waals surface area contributed by atoms with Gasteiger partial charge in [-0.15, -0.1) is 0 Å². The van der Waals surface area contributed by atoms with Crippen molar-refractivity contribution in [3.8, 4) is 0 Å². The Morgan fingerprint density at radius 2 is 2.07 bits per heavy atom. The minimum absolute atomic E-state index is 0.225. The predicted molar refractivity (Wildman–Crippen MR) is 56.1 cm³/mol. The summed E-state index contributed by atoms with van der Waals surface area (Å²) in [4.78, 5) is 4.08. The van der Waals surface area contributed by atoms with Gasteiger partial charge in [-0.25, -0.2) is 0 Å². The number of aryl methyl sites for hydroxylation is 1. The topological polar surface area (TPSA) is 51.0 Å². The SMILES string of the molecule is Cc1noc(NCC(C)(C)C(C)C)n1. The fraction of sp³-hybridized carbons (Fsp3) is 0.800. The number of nitrogens with zero attached hydrogens (tertiary/aromatic N) is 2. The summed E-state index contributed by atoms with van der Waals surface area (Å²) in [6, 6.07) is 0.510. The van der Waals surface area contributed by atoms with Crippen LogP contribution in [0.2, 0.25) is 0 Å². The standard InChI is InChI=1S/C10H19N3O/c1-7(2)10(4,5)6-11-9-12-8(3)13-14-9/h7H,6H2,1-5H3,(H,11,12,13). The summed E-state index contributed by atoms with van der Waals surface area (Å²) in [6.07, 6.45) is 0. The van der Waals surface area contributed by atoms with Crippen LogP contribution in [0.1, 0.15) is 33.5 Å². The predicted octanol–water partition coefficient (Wildman–Crippen LogP) is 2.47. The summed E-state index contributed by atoms with van der Waals surface area (Å²) in [5.74, 6) is 1.27. The number of hydrogen-bond donors (Lipinski definition) is 1. The molecule has 1 aromatic heterocycles. The normalized spacial score (nSPS) is 12.1. The highest BCUT2D eigenvalue weighted by Crippen LogP contribution is 2.25. The van der Waals surface area contributed by atoms with Crippen molar-refractivity contribution in [2.24, 2.45) is 11.3 Å². The van der Waals surface area contributed by atoms with E-state index in [0.29, 0.717) is 17.8 Å². The molecular weight excluding hydrogens is 178 g/mol. The van der Waals surface area contributed by atoms with Crippen molar-refractivity contribution in [3.05, 3.63) is 5.82 Å². The Morgan fingerprint density at radius 3 is 2.50 bits per heavy atom. The Bertz CT molecular complexity index is 291. The molecule has 0 atom stereocenters. The smallest absolute Gasteiger partial charge is 0.321 e. The van der Waals surface area contributed by atoms with E-state index in [9.17, 15) is 0 Å². The van der Waals surface area contributed by atoms with E-state index in [2.05, 4.69) is 43.2 Å². The third-order valence-corrected chi connectivity index (χ3v) is 2.79. The molecule has 0 aromatic carbocycles. The molecule has 0 saturated carbocycles. The van der Waals surface area contributed by atoms with Crippen molar-refractivity contribution in [2.75, 3.05) is 11.9 Å². The second-order valence-electron chi connectivity index (χ2n) is 4.64. The fourth-order valence-electron chi connectivity index (χ4n) is 0.876. The summed E-state index contributed by atoms with van der Waals surface area (Å²) < 4.78 is 4.97. The first-order valence-electron chi connectivity index (χ1n) is 4.96. The molecule has 0 aliphatic carbocycles. The average molecular weight is 197 g/mol. The third kappa shape index (κ3) is 2.72. The van der Waals surface area contributed by atoms with Crippen LogP contribution in [-0.4, -0.2) is 16.7 Å². The molecule has 0 saturated heterocycles. The maximum Gasteiger partial charge on any atom is 0.321 e. The highest BCUT2D eigenvalue weighted by atomic mass is 16.5. The van der Waals surface area contributed by atoms with Gasteiger partial charge in [0.25, 0.3) is 0 Å². The van der Waals surface area contributed by atoms with Gasteiger partial charge in [-0.05, 0) is 18.3 Å². The maximum atomic E-state index is 4.97. The monoisotopic (exact) mass is 197 g/mol. The molecule has 0 amide bonds. The van der Waals surface area contributed by atoms with Gasteiger partial charge < -0.3 is 9.84 Å². The van der Waals surface area contributed by atoms with Gasteiger partial charge in [0, 0.05) is 6.54 Å². The summed E-state index contributed by atoms with van der Waals surface area (Å²) in [5, 5.41) is 6.86. The van der Waals surface area contributed by atoms with Crippen molar-refractivity contribution in [2.45, 2.75) is 34.6 Å². The third-order valence-electron chi connectivity index (χ3n) is 2.79. The zero-order valence-corrected chi connectivity index (χ0v) is 9.59. The summed E-state index contributed by atoms with van der Waals surface area (Å²) in [5.41, 5.74) is 0.225. The van der Waals surface area contributed by atoms with Crippen molar-refractivity contribution >= 4 is 6.01 Å². The van der Waals surface area contributed by atoms with E-state index in [1.54, 1.807) is 0 Å². The Balaban J connectivity index is 2.48. The van der Waals surface area contributed by atoms with E-state index in [-0.39, 0.29) is 5.41 Å². The molecule has 0 bridgehead atoms. The van der Waals surface area contributed by atoms with Gasteiger partial charge in [0.15, 0.2) is 5.82 Å². The molecule has 0 spiro atoms. The molecule has 4 nitrogen and oxygen atoms in total. The van der Waals surface area contributed by atoms with Crippen LogP contribution in [0.5, 0.6) is 0 Å². The summed E-state index contributed by atoms with van der Waals surface area (Å²) >= 11 is 0. The first-order chi connectivity index (χ1) is 6.42. The Kier molecular flexibility index (Phi) is 3.13. The molecule has 1 N–H and O–H groups in total. The van der Waals surface area contributed by atoms with Crippen molar-refractivity contribution in [1.29, 1.82) is 0 Å². The number of anilines is 1.